The van der Waals surface area contributed by atoms with Crippen molar-refractivity contribution in [3.63, 3.8) is 0 Å². The lowest BCUT2D eigenvalue weighted by Gasteiger charge is -2.33. The van der Waals surface area contributed by atoms with E-state index in [0.717, 1.165) is 19.2 Å². The number of hydrogen-bond donors (Lipinski definition) is 2. The fourth-order valence-corrected chi connectivity index (χ4v) is 3.15. The predicted octanol–water partition coefficient (Wildman–Crippen LogP) is 4.22. The summed E-state index contributed by atoms with van der Waals surface area (Å²) in [5.41, 5.74) is -4.11. The molecule has 9 heteroatoms. The molecule has 1 aromatic heterocycles. The van der Waals surface area contributed by atoms with Crippen molar-refractivity contribution < 1.29 is 22.7 Å². The van der Waals surface area contributed by atoms with Crippen LogP contribution in [0.5, 0.6) is 0 Å². The molecule has 0 aliphatic rings. The molecule has 3 rings (SSSR count). The van der Waals surface area contributed by atoms with E-state index < -0.39 is 23.2 Å². The highest BCUT2D eigenvalue weighted by Gasteiger charge is 2.62. The molecular weight excluding hydrogens is 397 g/mol. The molecule has 1 unspecified atom stereocenters. The molecule has 2 N–H and O–H groups in total. The number of H-pyrrole nitrogens is 1. The second-order valence-electron chi connectivity index (χ2n) is 5.93. The van der Waals surface area contributed by atoms with Gasteiger partial charge in [0.2, 0.25) is 0 Å². The van der Waals surface area contributed by atoms with Crippen LogP contribution in [0, 0.1) is 0 Å². The zero-order chi connectivity index (χ0) is 20.5. The van der Waals surface area contributed by atoms with E-state index in [0.29, 0.717) is 5.39 Å². The Kier molecular flexibility index (Phi) is 5.18. The van der Waals surface area contributed by atoms with Crippen LogP contribution < -0.4 is 10.9 Å². The first-order valence-corrected chi connectivity index (χ1v) is 8.38. The molecule has 0 radical (unpaired) electrons. The Hall–Kier alpha value is -2.84. The molecule has 0 aliphatic heterocycles. The van der Waals surface area contributed by atoms with Gasteiger partial charge in [0.05, 0.1) is 10.7 Å². The summed E-state index contributed by atoms with van der Waals surface area (Å²) in [6, 6.07) is 10.7. The average molecular weight is 411 g/mol. The van der Waals surface area contributed by atoms with Crippen LogP contribution in [0.1, 0.15) is 5.56 Å². The monoisotopic (exact) mass is 410 g/mol. The van der Waals surface area contributed by atoms with Crippen molar-refractivity contribution in [2.45, 2.75) is 11.8 Å². The van der Waals surface area contributed by atoms with Crippen LogP contribution in [0.4, 0.5) is 18.9 Å². The number of hydrogen-bond acceptors (Lipinski definition) is 3. The number of anilines is 1. The SMILES string of the molecule is COC(C(=O)Nc1cc2cc[nH]c(=O)c2cc1Cl)(c1ccccc1)C(F)(F)F. The number of pyridine rings is 1. The Morgan fingerprint density at radius 2 is 1.82 bits per heavy atom. The Bertz CT molecular complexity index is 1080. The van der Waals surface area contributed by atoms with Gasteiger partial charge in [-0.2, -0.15) is 13.2 Å². The van der Waals surface area contributed by atoms with Gasteiger partial charge < -0.3 is 15.0 Å². The number of ether oxygens (including phenoxy) is 1. The number of methoxy groups -OCH3 is 1. The number of benzene rings is 2. The fourth-order valence-electron chi connectivity index (χ4n) is 2.94. The van der Waals surface area contributed by atoms with Crippen molar-refractivity contribution in [1.29, 1.82) is 0 Å². The van der Waals surface area contributed by atoms with Crippen LogP contribution in [0.25, 0.3) is 10.8 Å². The van der Waals surface area contributed by atoms with Crippen molar-refractivity contribution in [3.8, 4) is 0 Å². The second kappa shape index (κ2) is 7.29. The highest BCUT2D eigenvalue weighted by Crippen LogP contribution is 2.43. The van der Waals surface area contributed by atoms with Gasteiger partial charge in [-0.3, -0.25) is 9.59 Å². The summed E-state index contributed by atoms with van der Waals surface area (Å²) >= 11 is 6.08. The quantitative estimate of drug-likeness (QED) is 0.676. The minimum Gasteiger partial charge on any atom is -0.356 e. The molecular formula is C19H14ClF3N2O3. The van der Waals surface area contributed by atoms with E-state index in [1.807, 2.05) is 0 Å². The third-order valence-corrected chi connectivity index (χ3v) is 4.63. The highest BCUT2D eigenvalue weighted by molar-refractivity contribution is 6.34. The van der Waals surface area contributed by atoms with Crippen molar-refractivity contribution in [2.24, 2.45) is 0 Å². The van der Waals surface area contributed by atoms with Crippen LogP contribution in [0.3, 0.4) is 0 Å². The van der Waals surface area contributed by atoms with Gasteiger partial charge in [0, 0.05) is 24.3 Å². The third kappa shape index (κ3) is 3.25. The highest BCUT2D eigenvalue weighted by atomic mass is 35.5. The number of amides is 1. The normalized spacial score (nSPS) is 13.9. The summed E-state index contributed by atoms with van der Waals surface area (Å²) in [4.78, 5) is 27.1. The van der Waals surface area contributed by atoms with Crippen LogP contribution in [-0.2, 0) is 15.1 Å². The molecule has 0 saturated carbocycles. The molecule has 2 aromatic carbocycles. The molecule has 146 valence electrons. The van der Waals surface area contributed by atoms with Crippen LogP contribution in [0.2, 0.25) is 5.02 Å². The van der Waals surface area contributed by atoms with Gasteiger partial charge in [-0.05, 0) is 23.6 Å². The summed E-state index contributed by atoms with van der Waals surface area (Å²) < 4.78 is 46.6. The van der Waals surface area contributed by atoms with E-state index in [2.05, 4.69) is 10.3 Å². The van der Waals surface area contributed by atoms with Crippen molar-refractivity contribution in [3.05, 3.63) is 75.7 Å². The zero-order valence-corrected chi connectivity index (χ0v) is 15.2. The molecule has 0 saturated heterocycles. The van der Waals surface area contributed by atoms with Gasteiger partial charge in [-0.15, -0.1) is 0 Å². The smallest absolute Gasteiger partial charge is 0.356 e. The molecule has 0 bridgehead atoms. The van der Waals surface area contributed by atoms with Gasteiger partial charge in [0.15, 0.2) is 0 Å². The molecule has 0 aliphatic carbocycles. The van der Waals surface area contributed by atoms with Crippen LogP contribution in [-0.4, -0.2) is 24.2 Å². The summed E-state index contributed by atoms with van der Waals surface area (Å²) in [5, 5.41) is 2.74. The number of fused-ring (bicyclic) bond motifs is 1. The molecule has 0 fully saturated rings. The lowest BCUT2D eigenvalue weighted by Crippen LogP contribution is -2.53. The molecule has 28 heavy (non-hydrogen) atoms. The van der Waals surface area contributed by atoms with Crippen molar-refractivity contribution in [1.82, 2.24) is 4.98 Å². The van der Waals surface area contributed by atoms with E-state index in [1.165, 1.54) is 42.6 Å². The van der Waals surface area contributed by atoms with E-state index in [4.69, 9.17) is 16.3 Å². The zero-order valence-electron chi connectivity index (χ0n) is 14.4. The first kappa shape index (κ1) is 19.9. The summed E-state index contributed by atoms with van der Waals surface area (Å²) in [6.07, 6.45) is -3.67. The third-order valence-electron chi connectivity index (χ3n) is 4.31. The van der Waals surface area contributed by atoms with Gasteiger partial charge in [-0.25, -0.2) is 0 Å². The molecule has 0 spiro atoms. The average Bonchev–Trinajstić information content (AvgIpc) is 2.64. The lowest BCUT2D eigenvalue weighted by atomic mass is 9.91. The number of rotatable bonds is 4. The first-order chi connectivity index (χ1) is 13.2. The molecule has 1 atom stereocenters. The molecule has 3 aromatic rings. The minimum absolute atomic E-state index is 0.0774. The van der Waals surface area contributed by atoms with Crippen molar-refractivity contribution in [2.75, 3.05) is 12.4 Å². The number of carbonyl (C=O) groups is 1. The van der Waals surface area contributed by atoms with Gasteiger partial charge in [0.1, 0.15) is 0 Å². The first-order valence-electron chi connectivity index (χ1n) is 8.00. The number of alkyl halides is 3. The number of halogens is 4. The van der Waals surface area contributed by atoms with E-state index in [9.17, 15) is 22.8 Å². The number of aromatic nitrogens is 1. The van der Waals surface area contributed by atoms with Gasteiger partial charge in [-0.1, -0.05) is 41.9 Å². The number of nitrogens with one attached hydrogen (secondary N) is 2. The summed E-state index contributed by atoms with van der Waals surface area (Å²) in [6.45, 7) is 0. The Balaban J connectivity index is 2.10. The van der Waals surface area contributed by atoms with Gasteiger partial charge in [0.25, 0.3) is 17.1 Å². The molecule has 1 amide bonds. The standard InChI is InChI=1S/C19H14ClF3N2O3/c1-28-18(19(21,22)23,12-5-3-2-4-6-12)17(27)25-15-9-11-7-8-24-16(26)13(11)10-14(15)20/h2-10H,1H3,(H,24,26)(H,25,27). The van der Waals surface area contributed by atoms with Crippen molar-refractivity contribution >= 4 is 34.0 Å². The number of carbonyl (C=O) groups excluding carboxylic acids is 1. The Morgan fingerprint density at radius 1 is 1.14 bits per heavy atom. The molecule has 1 heterocycles. The van der Waals surface area contributed by atoms with Crippen LogP contribution in [0.15, 0.2) is 59.5 Å². The minimum atomic E-state index is -5.05. The summed E-state index contributed by atoms with van der Waals surface area (Å²) in [7, 11) is 0.807. The van der Waals surface area contributed by atoms with E-state index in [1.54, 1.807) is 0 Å². The van der Waals surface area contributed by atoms with Crippen LogP contribution >= 0.6 is 11.6 Å². The molecule has 5 nitrogen and oxygen atoms in total. The fraction of sp³-hybridized carbons (Fsp3) is 0.158. The topological polar surface area (TPSA) is 71.2 Å². The largest absolute Gasteiger partial charge is 0.430 e. The Morgan fingerprint density at radius 3 is 2.43 bits per heavy atom. The van der Waals surface area contributed by atoms with E-state index >= 15 is 0 Å². The summed E-state index contributed by atoms with van der Waals surface area (Å²) in [5.74, 6) is -1.46. The number of aromatic amines is 1. The maximum atomic E-state index is 14.0. The predicted molar refractivity (Wildman–Crippen MR) is 99.4 cm³/mol. The Labute approximate surface area is 162 Å². The van der Waals surface area contributed by atoms with E-state index in [-0.39, 0.29) is 21.7 Å². The maximum absolute atomic E-state index is 14.0. The second-order valence-corrected chi connectivity index (χ2v) is 6.34. The maximum Gasteiger partial charge on any atom is 0.430 e. The lowest BCUT2D eigenvalue weighted by molar-refractivity contribution is -0.263. The van der Waals surface area contributed by atoms with Gasteiger partial charge >= 0.3 is 6.18 Å².